The maximum Gasteiger partial charge on any atom is 0.316 e. The minimum absolute atomic E-state index is 0.0317. The topological polar surface area (TPSA) is 170 Å². The van der Waals surface area contributed by atoms with E-state index >= 15 is 0 Å². The third-order valence-electron chi connectivity index (χ3n) is 14.5. The Balaban J connectivity index is 1.18. The number of ether oxygens (including phenoxy) is 10. The molecule has 4 saturated heterocycles. The predicted molar refractivity (Wildman–Crippen MR) is 227 cm³/mol. The first-order valence-electron chi connectivity index (χ1n) is 22.9. The quantitative estimate of drug-likeness (QED) is 0.210. The number of allylic oxidation sites excluding steroid dienone is 2. The van der Waals surface area contributed by atoms with Crippen LogP contribution in [0.5, 0.6) is 0 Å². The molecular weight excluding hydrogens is 801 g/mol. The number of methoxy groups -OCH3 is 2. The first kappa shape index (κ1) is 47.6. The first-order chi connectivity index (χ1) is 29.5. The summed E-state index contributed by atoms with van der Waals surface area (Å²) in [6.45, 7) is 16.1. The summed E-state index contributed by atoms with van der Waals surface area (Å²) in [7, 11) is 3.22. The average Bonchev–Trinajstić information content (AvgIpc) is 3.58. The number of carbonyl (C=O) groups is 1. The maximum absolute atomic E-state index is 14.3. The van der Waals surface area contributed by atoms with Crippen molar-refractivity contribution in [2.45, 2.75) is 191 Å². The van der Waals surface area contributed by atoms with Crippen molar-refractivity contribution in [1.29, 1.82) is 0 Å². The summed E-state index contributed by atoms with van der Waals surface area (Å²) >= 11 is 0. The van der Waals surface area contributed by atoms with Gasteiger partial charge < -0.3 is 62.7 Å². The average molecular weight is 873 g/mol. The van der Waals surface area contributed by atoms with E-state index in [0.717, 1.165) is 12.0 Å². The van der Waals surface area contributed by atoms with Gasteiger partial charge in [0.1, 0.15) is 42.0 Å². The second-order valence-electron chi connectivity index (χ2n) is 19.0. The molecular formula is C48H72O14. The zero-order valence-corrected chi connectivity index (χ0v) is 38.2. The van der Waals surface area contributed by atoms with Crippen molar-refractivity contribution in [3.63, 3.8) is 0 Å². The molecule has 1 unspecified atom stereocenters. The van der Waals surface area contributed by atoms with Crippen LogP contribution in [0.25, 0.3) is 0 Å². The molecule has 14 heteroatoms. The van der Waals surface area contributed by atoms with Crippen molar-refractivity contribution < 1.29 is 67.5 Å². The molecule has 6 aliphatic heterocycles. The Kier molecular flexibility index (Phi) is 15.1. The van der Waals surface area contributed by atoms with Crippen molar-refractivity contribution in [2.75, 3.05) is 20.8 Å². The molecule has 1 spiro atoms. The van der Waals surface area contributed by atoms with Crippen molar-refractivity contribution in [1.82, 2.24) is 0 Å². The molecule has 0 radical (unpaired) electrons. The minimum Gasteiger partial charge on any atom is -0.462 e. The van der Waals surface area contributed by atoms with Crippen molar-refractivity contribution in [2.24, 2.45) is 23.7 Å². The van der Waals surface area contributed by atoms with Gasteiger partial charge in [-0.3, -0.25) is 4.79 Å². The van der Waals surface area contributed by atoms with Crippen molar-refractivity contribution in [3.8, 4) is 0 Å². The zero-order chi connectivity index (χ0) is 44.7. The number of aliphatic hydroxyl groups excluding tert-OH is 2. The van der Waals surface area contributed by atoms with Crippen molar-refractivity contribution >= 4 is 5.97 Å². The molecule has 14 nitrogen and oxygen atoms in total. The van der Waals surface area contributed by atoms with Crippen LogP contribution in [0, 0.1) is 23.7 Å². The Labute approximate surface area is 367 Å². The van der Waals surface area contributed by atoms with E-state index in [1.54, 1.807) is 40.2 Å². The number of hydrogen-bond donors (Lipinski definition) is 3. The Morgan fingerprint density at radius 2 is 1.60 bits per heavy atom. The largest absolute Gasteiger partial charge is 0.462 e. The SMILES string of the molecule is CCC(C)[C@H]1O[C@]2(C=C[C@@H]1C)C[C@@H]1C[C@@H](C/C=C(\C)[C@@H](O[C@H]3C[C@H](OC)[C@@H](O[C@H]4C[C@H](OC)[C@@H](O)[C@H](C)O4)[C@H](C)O3)[C@@H](C)/C=C/C=C3CO[C@@H]4[C@H](O)C(C)=C[C@@H](C(=O)O1)[C@]34O)O2. The Hall–Kier alpha value is -2.31. The molecule has 0 amide bonds. The van der Waals surface area contributed by atoms with Crippen molar-refractivity contribution in [3.05, 3.63) is 59.3 Å². The van der Waals surface area contributed by atoms with Crippen LogP contribution in [-0.4, -0.2) is 139 Å². The van der Waals surface area contributed by atoms with E-state index in [2.05, 4.69) is 39.8 Å². The molecule has 7 aliphatic rings. The highest BCUT2D eigenvalue weighted by atomic mass is 16.7. The van der Waals surface area contributed by atoms with Gasteiger partial charge in [-0.25, -0.2) is 0 Å². The van der Waals surface area contributed by atoms with E-state index in [1.807, 2.05) is 32.1 Å². The molecule has 3 N–H and O–H groups in total. The lowest BCUT2D eigenvalue weighted by molar-refractivity contribution is -0.318. The molecule has 0 aromatic heterocycles. The van der Waals surface area contributed by atoms with E-state index < -0.39 is 90.8 Å². The molecule has 0 saturated carbocycles. The minimum atomic E-state index is -1.84. The number of fused-ring (bicyclic) bond motifs is 2. The highest BCUT2D eigenvalue weighted by Crippen LogP contribution is 2.47. The van der Waals surface area contributed by atoms with Crippen LogP contribution < -0.4 is 0 Å². The standard InChI is InChI=1S/C48H72O14/c1-11-25(2)43-28(5)17-18-47(62-43)23-34-20-33(61-47)16-15-27(4)42(26(3)13-12-14-32-24-55-45-40(49)29(6)19-35(46(51)58-34)48(32,45)52)59-39-22-37(54-10)44(31(8)57-39)60-38-21-36(53-9)41(50)30(7)56-38/h12-15,17-19,25-26,28,30-31,33-45,49-50,52H,11,16,20-24H2,1-10H3/b13-12+,27-15+,32-14?/t25?,26-,28-,30-,31-,33+,34-,35-,36-,37-,38-,39-,40+,41-,42-,43+,44-,45+,47+,48+/m0/s1. The fourth-order valence-electron chi connectivity index (χ4n) is 10.6. The number of aliphatic hydroxyl groups is 3. The number of rotatable bonds is 8. The molecule has 2 bridgehead atoms. The normalized spacial score (nSPS) is 48.3. The third-order valence-corrected chi connectivity index (χ3v) is 14.5. The van der Waals surface area contributed by atoms with Crippen LogP contribution >= 0.6 is 0 Å². The van der Waals surface area contributed by atoms with E-state index in [1.165, 1.54) is 0 Å². The lowest BCUT2D eigenvalue weighted by Gasteiger charge is -2.48. The monoisotopic (exact) mass is 872 g/mol. The number of carbonyl (C=O) groups excluding carboxylic acids is 1. The van der Waals surface area contributed by atoms with Crippen LogP contribution in [0.4, 0.5) is 0 Å². The fourth-order valence-corrected chi connectivity index (χ4v) is 10.6. The second kappa shape index (κ2) is 19.7. The lowest BCUT2D eigenvalue weighted by atomic mass is 9.71. The Bertz CT molecular complexity index is 1730. The Morgan fingerprint density at radius 1 is 0.887 bits per heavy atom. The third kappa shape index (κ3) is 9.64. The molecule has 0 aromatic carbocycles. The van der Waals surface area contributed by atoms with Crippen LogP contribution in [0.2, 0.25) is 0 Å². The first-order valence-corrected chi connectivity index (χ1v) is 22.9. The summed E-state index contributed by atoms with van der Waals surface area (Å²) in [6.07, 6.45) is 8.55. The molecule has 1 aliphatic carbocycles. The zero-order valence-electron chi connectivity index (χ0n) is 38.2. The van der Waals surface area contributed by atoms with Gasteiger partial charge in [-0.05, 0) is 62.8 Å². The van der Waals surface area contributed by atoms with Gasteiger partial charge in [-0.1, -0.05) is 70.6 Å². The molecule has 0 aromatic rings. The van der Waals surface area contributed by atoms with Gasteiger partial charge in [0.05, 0.1) is 49.3 Å². The van der Waals surface area contributed by atoms with Gasteiger partial charge in [0.25, 0.3) is 0 Å². The molecule has 6 heterocycles. The van der Waals surface area contributed by atoms with E-state index in [9.17, 15) is 20.1 Å². The number of hydrogen-bond acceptors (Lipinski definition) is 14. The second-order valence-corrected chi connectivity index (χ2v) is 19.0. The molecule has 4 fully saturated rings. The summed E-state index contributed by atoms with van der Waals surface area (Å²) in [5, 5.41) is 34.2. The highest BCUT2D eigenvalue weighted by molar-refractivity contribution is 5.78. The van der Waals surface area contributed by atoms with Gasteiger partial charge >= 0.3 is 5.97 Å². The van der Waals surface area contributed by atoms with Gasteiger partial charge in [0.15, 0.2) is 18.4 Å². The van der Waals surface area contributed by atoms with Crippen LogP contribution in [0.15, 0.2) is 59.3 Å². The van der Waals surface area contributed by atoms with Crippen LogP contribution in [-0.2, 0) is 52.2 Å². The fraction of sp³-hybridized carbons (Fsp3) is 0.771. The van der Waals surface area contributed by atoms with E-state index in [4.69, 9.17) is 47.4 Å². The molecule has 348 valence electrons. The lowest BCUT2D eigenvalue weighted by Crippen LogP contribution is -2.58. The van der Waals surface area contributed by atoms with Gasteiger partial charge in [-0.15, -0.1) is 0 Å². The summed E-state index contributed by atoms with van der Waals surface area (Å²) in [6, 6.07) is 0. The van der Waals surface area contributed by atoms with Crippen LogP contribution in [0.3, 0.4) is 0 Å². The summed E-state index contributed by atoms with van der Waals surface area (Å²) in [5.74, 6) is -2.56. The Morgan fingerprint density at radius 3 is 2.32 bits per heavy atom. The van der Waals surface area contributed by atoms with Gasteiger partial charge in [0.2, 0.25) is 0 Å². The van der Waals surface area contributed by atoms with Gasteiger partial charge in [-0.2, -0.15) is 0 Å². The van der Waals surface area contributed by atoms with E-state index in [0.29, 0.717) is 43.3 Å². The van der Waals surface area contributed by atoms with E-state index in [-0.39, 0.29) is 42.7 Å². The smallest absolute Gasteiger partial charge is 0.316 e. The summed E-state index contributed by atoms with van der Waals surface area (Å²) in [4.78, 5) is 14.3. The summed E-state index contributed by atoms with van der Waals surface area (Å²) in [5.41, 5.74) is 0.134. The number of esters is 1. The van der Waals surface area contributed by atoms with Gasteiger partial charge in [0, 0.05) is 51.7 Å². The molecule has 7 rings (SSSR count). The summed E-state index contributed by atoms with van der Waals surface area (Å²) < 4.78 is 63.7. The molecule has 62 heavy (non-hydrogen) atoms. The highest BCUT2D eigenvalue weighted by Gasteiger charge is 2.60. The molecule has 20 atom stereocenters. The van der Waals surface area contributed by atoms with Crippen LogP contribution in [0.1, 0.15) is 93.9 Å². The maximum atomic E-state index is 14.3. The predicted octanol–water partition coefficient (Wildman–Crippen LogP) is 5.38.